The van der Waals surface area contributed by atoms with Gasteiger partial charge in [-0.2, -0.15) is 5.10 Å². The molecule has 1 heterocycles. The van der Waals surface area contributed by atoms with Gasteiger partial charge in [0.15, 0.2) is 0 Å². The fourth-order valence-electron chi connectivity index (χ4n) is 3.55. The second-order valence-corrected chi connectivity index (χ2v) is 8.50. The van der Waals surface area contributed by atoms with Crippen molar-refractivity contribution in [2.45, 2.75) is 46.2 Å². The van der Waals surface area contributed by atoms with Crippen LogP contribution < -0.4 is 10.7 Å². The molecular weight excluding hydrogens is 407 g/mol. The zero-order chi connectivity index (χ0) is 23.3. The summed E-state index contributed by atoms with van der Waals surface area (Å²) in [5, 5.41) is 7.92. The number of para-hydroxylation sites is 1. The van der Waals surface area contributed by atoms with Crippen LogP contribution in [0.4, 0.5) is 4.39 Å². The molecule has 0 aliphatic heterocycles. The van der Waals surface area contributed by atoms with Crippen molar-refractivity contribution in [3.05, 3.63) is 71.7 Å². The summed E-state index contributed by atoms with van der Waals surface area (Å²) in [5.41, 5.74) is 4.83. The predicted molar refractivity (Wildman–Crippen MR) is 125 cm³/mol. The molecule has 1 aromatic heterocycles. The van der Waals surface area contributed by atoms with Crippen LogP contribution in [0.5, 0.6) is 0 Å². The monoisotopic (exact) mass is 436 g/mol. The van der Waals surface area contributed by atoms with Crippen LogP contribution in [0.3, 0.4) is 0 Å². The number of halogens is 1. The Labute approximate surface area is 187 Å². The van der Waals surface area contributed by atoms with Crippen LogP contribution in [0, 0.1) is 11.7 Å². The number of benzene rings is 2. The number of amides is 2. The highest BCUT2D eigenvalue weighted by Gasteiger charge is 2.22. The van der Waals surface area contributed by atoms with E-state index in [-0.39, 0.29) is 17.5 Å². The first-order valence-corrected chi connectivity index (χ1v) is 10.7. The van der Waals surface area contributed by atoms with Crippen molar-refractivity contribution in [1.82, 2.24) is 15.3 Å². The van der Waals surface area contributed by atoms with Gasteiger partial charge in [0.2, 0.25) is 0 Å². The van der Waals surface area contributed by atoms with Gasteiger partial charge < -0.3 is 9.88 Å². The maximum Gasteiger partial charge on any atom is 0.262 e. The van der Waals surface area contributed by atoms with E-state index in [1.54, 1.807) is 6.21 Å². The van der Waals surface area contributed by atoms with Crippen molar-refractivity contribution in [2.24, 2.45) is 11.0 Å². The topological polar surface area (TPSA) is 75.5 Å². The van der Waals surface area contributed by atoms with Gasteiger partial charge in [0.25, 0.3) is 11.8 Å². The number of hydrazone groups is 1. The molecule has 0 aliphatic carbocycles. The number of aromatic nitrogens is 1. The van der Waals surface area contributed by atoms with Gasteiger partial charge >= 0.3 is 0 Å². The molecule has 0 bridgehead atoms. The minimum atomic E-state index is -0.762. The zero-order valence-electron chi connectivity index (χ0n) is 18.8. The number of carbonyl (C=O) groups excluding carboxylic acids is 2. The number of nitrogens with zero attached hydrogens (tertiary/aromatic N) is 2. The summed E-state index contributed by atoms with van der Waals surface area (Å²) in [4.78, 5) is 25.3. The fraction of sp³-hybridized carbons (Fsp3) is 0.320. The van der Waals surface area contributed by atoms with E-state index in [0.717, 1.165) is 16.5 Å². The number of fused-ring (bicyclic) bond motifs is 1. The Kier molecular flexibility index (Phi) is 7.41. The van der Waals surface area contributed by atoms with Gasteiger partial charge in [0, 0.05) is 34.3 Å². The Morgan fingerprint density at radius 1 is 1.06 bits per heavy atom. The lowest BCUT2D eigenvalue weighted by atomic mass is 10.0. The third kappa shape index (κ3) is 5.60. The Morgan fingerprint density at radius 2 is 1.75 bits per heavy atom. The van der Waals surface area contributed by atoms with E-state index in [0.29, 0.717) is 6.42 Å². The van der Waals surface area contributed by atoms with E-state index in [1.807, 2.05) is 38.2 Å². The molecule has 0 radical (unpaired) electrons. The summed E-state index contributed by atoms with van der Waals surface area (Å²) < 4.78 is 15.3. The average molecular weight is 437 g/mol. The highest BCUT2D eigenvalue weighted by atomic mass is 19.1. The third-order valence-electron chi connectivity index (χ3n) is 5.14. The van der Waals surface area contributed by atoms with Crippen LogP contribution in [0.1, 0.15) is 56.1 Å². The van der Waals surface area contributed by atoms with Crippen LogP contribution >= 0.6 is 0 Å². The SMILES string of the molecule is CC(C)C[C@@H](NC(=O)c1ccc(F)cc1)C(=O)N/N=C\c1cn(C(C)C)c2ccccc12. The van der Waals surface area contributed by atoms with Crippen LogP contribution in [0.2, 0.25) is 0 Å². The van der Waals surface area contributed by atoms with E-state index in [9.17, 15) is 14.0 Å². The molecule has 0 saturated carbocycles. The van der Waals surface area contributed by atoms with Crippen molar-refractivity contribution in [1.29, 1.82) is 0 Å². The molecule has 168 valence electrons. The molecule has 32 heavy (non-hydrogen) atoms. The third-order valence-corrected chi connectivity index (χ3v) is 5.14. The van der Waals surface area contributed by atoms with Crippen molar-refractivity contribution < 1.29 is 14.0 Å². The standard InChI is InChI=1S/C25H29FN4O2/c1-16(2)13-22(28-24(31)18-9-11-20(26)12-10-18)25(32)29-27-14-19-15-30(17(3)4)23-8-6-5-7-21(19)23/h5-12,14-17,22H,13H2,1-4H3,(H,28,31)(H,29,32)/b27-14-/t22-/m1/s1. The van der Waals surface area contributed by atoms with Crippen molar-refractivity contribution in [3.63, 3.8) is 0 Å². The van der Waals surface area contributed by atoms with Crippen molar-refractivity contribution in [3.8, 4) is 0 Å². The average Bonchev–Trinajstić information content (AvgIpc) is 3.12. The van der Waals surface area contributed by atoms with Crippen LogP contribution in [-0.4, -0.2) is 28.6 Å². The molecule has 2 N–H and O–H groups in total. The van der Waals surface area contributed by atoms with Gasteiger partial charge in [0.05, 0.1) is 6.21 Å². The van der Waals surface area contributed by atoms with Gasteiger partial charge in [-0.15, -0.1) is 0 Å². The summed E-state index contributed by atoms with van der Waals surface area (Å²) in [6.07, 6.45) is 4.07. The van der Waals surface area contributed by atoms with Gasteiger partial charge in [-0.05, 0) is 56.5 Å². The Bertz CT molecular complexity index is 1120. The summed E-state index contributed by atoms with van der Waals surface area (Å²) in [6, 6.07) is 12.7. The Balaban J connectivity index is 1.73. The largest absolute Gasteiger partial charge is 0.344 e. The molecule has 6 nitrogen and oxygen atoms in total. The van der Waals surface area contributed by atoms with Gasteiger partial charge in [-0.25, -0.2) is 9.82 Å². The number of nitrogens with one attached hydrogen (secondary N) is 2. The lowest BCUT2D eigenvalue weighted by molar-refractivity contribution is -0.123. The number of hydrogen-bond donors (Lipinski definition) is 2. The smallest absolute Gasteiger partial charge is 0.262 e. The minimum absolute atomic E-state index is 0.173. The molecule has 1 atom stereocenters. The number of carbonyl (C=O) groups is 2. The first-order valence-electron chi connectivity index (χ1n) is 10.7. The van der Waals surface area contributed by atoms with Gasteiger partial charge in [-0.3, -0.25) is 9.59 Å². The first-order chi connectivity index (χ1) is 15.3. The molecule has 0 fully saturated rings. The fourth-order valence-corrected chi connectivity index (χ4v) is 3.55. The normalized spacial score (nSPS) is 12.6. The zero-order valence-corrected chi connectivity index (χ0v) is 18.8. The number of rotatable bonds is 8. The Morgan fingerprint density at radius 3 is 2.41 bits per heavy atom. The summed E-state index contributed by atoms with van der Waals surface area (Å²) >= 11 is 0. The summed E-state index contributed by atoms with van der Waals surface area (Å²) in [7, 11) is 0. The van der Waals surface area contributed by atoms with Gasteiger partial charge in [-0.1, -0.05) is 32.0 Å². The highest BCUT2D eigenvalue weighted by Crippen LogP contribution is 2.23. The summed E-state index contributed by atoms with van der Waals surface area (Å²) in [6.45, 7) is 8.15. The highest BCUT2D eigenvalue weighted by molar-refractivity contribution is 6.00. The van der Waals surface area contributed by atoms with E-state index in [4.69, 9.17) is 0 Å². The molecule has 3 rings (SSSR count). The van der Waals surface area contributed by atoms with Crippen molar-refractivity contribution >= 4 is 28.9 Å². The predicted octanol–water partition coefficient (Wildman–Crippen LogP) is 4.66. The molecule has 2 amide bonds. The lowest BCUT2D eigenvalue weighted by Crippen LogP contribution is -2.46. The van der Waals surface area contributed by atoms with Crippen molar-refractivity contribution in [2.75, 3.05) is 0 Å². The van der Waals surface area contributed by atoms with Crippen LogP contribution in [0.15, 0.2) is 59.8 Å². The summed E-state index contributed by atoms with van der Waals surface area (Å²) in [5.74, 6) is -1.09. The Hall–Kier alpha value is -3.48. The second kappa shape index (κ2) is 10.2. The minimum Gasteiger partial charge on any atom is -0.344 e. The van der Waals surface area contributed by atoms with E-state index in [2.05, 4.69) is 40.3 Å². The molecular formula is C25H29FN4O2. The van der Waals surface area contributed by atoms with E-state index >= 15 is 0 Å². The molecule has 0 spiro atoms. The quantitative estimate of drug-likeness (QED) is 0.398. The maximum absolute atomic E-state index is 13.1. The van der Waals surface area contributed by atoms with E-state index < -0.39 is 23.7 Å². The molecule has 3 aromatic rings. The first kappa shape index (κ1) is 23.2. The molecule has 0 saturated heterocycles. The molecule has 0 aliphatic rings. The van der Waals surface area contributed by atoms with E-state index in [1.165, 1.54) is 24.3 Å². The van der Waals surface area contributed by atoms with Gasteiger partial charge in [0.1, 0.15) is 11.9 Å². The number of hydrogen-bond acceptors (Lipinski definition) is 3. The van der Waals surface area contributed by atoms with Crippen LogP contribution in [0.25, 0.3) is 10.9 Å². The molecule has 7 heteroatoms. The van der Waals surface area contributed by atoms with Crippen LogP contribution in [-0.2, 0) is 4.79 Å². The second-order valence-electron chi connectivity index (χ2n) is 8.50. The lowest BCUT2D eigenvalue weighted by Gasteiger charge is -2.19. The molecule has 2 aromatic carbocycles. The maximum atomic E-state index is 13.1. The molecule has 0 unspecified atom stereocenters.